The van der Waals surface area contributed by atoms with Crippen molar-refractivity contribution in [3.63, 3.8) is 0 Å². The lowest BCUT2D eigenvalue weighted by molar-refractivity contribution is 0.0981. The number of carbonyl (C=O) groups is 1. The lowest BCUT2D eigenvalue weighted by Gasteiger charge is -2.07. The van der Waals surface area contributed by atoms with Gasteiger partial charge in [-0.15, -0.1) is 0 Å². The third-order valence-corrected chi connectivity index (χ3v) is 2.96. The highest BCUT2D eigenvalue weighted by Gasteiger charge is 2.03. The van der Waals surface area contributed by atoms with Crippen molar-refractivity contribution in [1.82, 2.24) is 0 Å². The normalized spacial score (nSPS) is 10.2. The van der Waals surface area contributed by atoms with E-state index < -0.39 is 0 Å². The predicted molar refractivity (Wildman–Crippen MR) is 80.5 cm³/mol. The molecule has 20 heavy (non-hydrogen) atoms. The molecule has 104 valence electrons. The second-order valence-electron chi connectivity index (χ2n) is 4.63. The average Bonchev–Trinajstić information content (AvgIpc) is 2.49. The van der Waals surface area contributed by atoms with Gasteiger partial charge in [-0.2, -0.15) is 0 Å². The van der Waals surface area contributed by atoms with Crippen LogP contribution in [0.2, 0.25) is 0 Å². The zero-order valence-corrected chi connectivity index (χ0v) is 11.6. The van der Waals surface area contributed by atoms with E-state index in [-0.39, 0.29) is 5.78 Å². The lowest BCUT2D eigenvalue weighted by atomic mass is 10.1. The summed E-state index contributed by atoms with van der Waals surface area (Å²) in [6.07, 6.45) is 1.47. The maximum atomic E-state index is 11.7. The largest absolute Gasteiger partial charge is 0.294 e. The summed E-state index contributed by atoms with van der Waals surface area (Å²) in [4.78, 5) is 17.1. The van der Waals surface area contributed by atoms with Gasteiger partial charge in [-0.05, 0) is 36.2 Å². The molecule has 0 atom stereocenters. The summed E-state index contributed by atoms with van der Waals surface area (Å²) in [5.41, 5.74) is 5.58. The van der Waals surface area contributed by atoms with Crippen LogP contribution in [0, 0.1) is 0 Å². The van der Waals surface area contributed by atoms with Gasteiger partial charge < -0.3 is 0 Å². The predicted octanol–water partition coefficient (Wildman–Crippen LogP) is 4.21. The second-order valence-corrected chi connectivity index (χ2v) is 4.63. The highest BCUT2D eigenvalue weighted by Crippen LogP contribution is 2.12. The summed E-state index contributed by atoms with van der Waals surface area (Å²) < 4.78 is 0. The lowest BCUT2D eigenvalue weighted by Crippen LogP contribution is -2.02. The summed E-state index contributed by atoms with van der Waals surface area (Å²) >= 11 is 0. The van der Waals surface area contributed by atoms with E-state index in [1.165, 1.54) is 0 Å². The molecule has 2 aromatic rings. The van der Waals surface area contributed by atoms with Gasteiger partial charge in [0.15, 0.2) is 5.78 Å². The summed E-state index contributed by atoms with van der Waals surface area (Å²) in [6, 6.07) is 17.3. The zero-order valence-electron chi connectivity index (χ0n) is 11.6. The SMILES string of the molecule is CCCC(=O)c1ccc(NOCc2ccccc2)cc1. The molecular weight excluding hydrogens is 250 g/mol. The topological polar surface area (TPSA) is 38.3 Å². The molecule has 0 fully saturated rings. The quantitative estimate of drug-likeness (QED) is 0.604. The molecule has 0 aliphatic rings. The first-order valence-electron chi connectivity index (χ1n) is 6.84. The molecule has 2 aromatic carbocycles. The van der Waals surface area contributed by atoms with Crippen LogP contribution in [0.5, 0.6) is 0 Å². The molecule has 0 bridgehead atoms. The molecule has 0 saturated heterocycles. The van der Waals surface area contributed by atoms with Gasteiger partial charge in [0.25, 0.3) is 0 Å². The highest BCUT2D eigenvalue weighted by atomic mass is 16.6. The smallest absolute Gasteiger partial charge is 0.162 e. The van der Waals surface area contributed by atoms with Gasteiger partial charge >= 0.3 is 0 Å². The van der Waals surface area contributed by atoms with Gasteiger partial charge in [-0.3, -0.25) is 15.1 Å². The zero-order chi connectivity index (χ0) is 14.2. The van der Waals surface area contributed by atoms with E-state index in [1.54, 1.807) is 0 Å². The highest BCUT2D eigenvalue weighted by molar-refractivity contribution is 5.96. The van der Waals surface area contributed by atoms with Crippen molar-refractivity contribution in [3.8, 4) is 0 Å². The van der Waals surface area contributed by atoms with Crippen LogP contribution in [0.3, 0.4) is 0 Å². The molecule has 0 aromatic heterocycles. The van der Waals surface area contributed by atoms with Gasteiger partial charge in [0.2, 0.25) is 0 Å². The first-order chi connectivity index (χ1) is 9.79. The number of Topliss-reactive ketones (excluding diaryl/α,β-unsaturated/α-hetero) is 1. The molecule has 3 heteroatoms. The fraction of sp³-hybridized carbons (Fsp3) is 0.235. The van der Waals surface area contributed by atoms with Crippen molar-refractivity contribution in [3.05, 3.63) is 65.7 Å². The molecule has 0 radical (unpaired) electrons. The van der Waals surface area contributed by atoms with E-state index >= 15 is 0 Å². The molecule has 0 saturated carbocycles. The van der Waals surface area contributed by atoms with Crippen LogP contribution in [-0.2, 0) is 11.4 Å². The molecule has 1 N–H and O–H groups in total. The molecular formula is C17H19NO2. The van der Waals surface area contributed by atoms with Crippen LogP contribution >= 0.6 is 0 Å². The van der Waals surface area contributed by atoms with E-state index in [9.17, 15) is 4.79 Å². The van der Waals surface area contributed by atoms with E-state index in [2.05, 4.69) is 5.48 Å². The van der Waals surface area contributed by atoms with Crippen molar-refractivity contribution in [2.75, 3.05) is 5.48 Å². The fourth-order valence-electron chi connectivity index (χ4n) is 1.87. The van der Waals surface area contributed by atoms with Crippen LogP contribution in [-0.4, -0.2) is 5.78 Å². The first-order valence-corrected chi connectivity index (χ1v) is 6.84. The Hall–Kier alpha value is -2.13. The second kappa shape index (κ2) is 7.46. The van der Waals surface area contributed by atoms with Gasteiger partial charge in [0.1, 0.15) is 0 Å². The van der Waals surface area contributed by atoms with Crippen molar-refractivity contribution in [2.24, 2.45) is 0 Å². The molecule has 0 aliphatic carbocycles. The van der Waals surface area contributed by atoms with Gasteiger partial charge in [-0.1, -0.05) is 37.3 Å². The maximum absolute atomic E-state index is 11.7. The van der Waals surface area contributed by atoms with E-state index in [0.717, 1.165) is 23.2 Å². The van der Waals surface area contributed by atoms with Crippen LogP contribution < -0.4 is 5.48 Å². The van der Waals surface area contributed by atoms with Crippen LogP contribution in [0.15, 0.2) is 54.6 Å². The Labute approximate surface area is 119 Å². The number of hydrogen-bond donors (Lipinski definition) is 1. The van der Waals surface area contributed by atoms with Crippen molar-refractivity contribution < 1.29 is 9.63 Å². The first kappa shape index (κ1) is 14.3. The Balaban J connectivity index is 1.83. The third-order valence-electron chi connectivity index (χ3n) is 2.96. The molecule has 0 spiro atoms. The number of carbonyl (C=O) groups excluding carboxylic acids is 1. The number of hydrogen-bond acceptors (Lipinski definition) is 3. The van der Waals surface area contributed by atoms with Crippen molar-refractivity contribution >= 4 is 11.5 Å². The number of anilines is 1. The summed E-state index contributed by atoms with van der Waals surface area (Å²) in [5.74, 6) is 0.184. The van der Waals surface area contributed by atoms with E-state index in [0.29, 0.717) is 13.0 Å². The van der Waals surface area contributed by atoms with E-state index in [1.807, 2.05) is 61.5 Å². The third kappa shape index (κ3) is 4.21. The fourth-order valence-corrected chi connectivity index (χ4v) is 1.87. The Morgan fingerprint density at radius 3 is 2.40 bits per heavy atom. The van der Waals surface area contributed by atoms with Crippen molar-refractivity contribution in [2.45, 2.75) is 26.4 Å². The minimum Gasteiger partial charge on any atom is -0.294 e. The number of nitrogens with one attached hydrogen (secondary N) is 1. The van der Waals surface area contributed by atoms with Gasteiger partial charge in [0, 0.05) is 12.0 Å². The minimum absolute atomic E-state index is 0.184. The minimum atomic E-state index is 0.184. The molecule has 0 heterocycles. The summed E-state index contributed by atoms with van der Waals surface area (Å²) in [5, 5.41) is 0. The molecule has 3 nitrogen and oxygen atoms in total. The van der Waals surface area contributed by atoms with Crippen LogP contribution in [0.4, 0.5) is 5.69 Å². The molecule has 2 rings (SSSR count). The molecule has 0 amide bonds. The van der Waals surface area contributed by atoms with Crippen molar-refractivity contribution in [1.29, 1.82) is 0 Å². The number of benzene rings is 2. The van der Waals surface area contributed by atoms with Crippen LogP contribution in [0.1, 0.15) is 35.7 Å². The van der Waals surface area contributed by atoms with E-state index in [4.69, 9.17) is 4.84 Å². The number of ketones is 1. The average molecular weight is 269 g/mol. The van der Waals surface area contributed by atoms with Crippen LogP contribution in [0.25, 0.3) is 0 Å². The molecule has 0 aliphatic heterocycles. The Morgan fingerprint density at radius 2 is 1.75 bits per heavy atom. The Morgan fingerprint density at radius 1 is 1.05 bits per heavy atom. The van der Waals surface area contributed by atoms with Gasteiger partial charge in [0.05, 0.1) is 12.3 Å². The standard InChI is InChI=1S/C17H19NO2/c1-2-6-17(19)15-9-11-16(12-10-15)18-20-13-14-7-4-3-5-8-14/h3-5,7-12,18H,2,6,13H2,1H3. The van der Waals surface area contributed by atoms with Gasteiger partial charge in [-0.25, -0.2) is 0 Å². The number of rotatable bonds is 7. The maximum Gasteiger partial charge on any atom is 0.162 e. The summed E-state index contributed by atoms with van der Waals surface area (Å²) in [7, 11) is 0. The Bertz CT molecular complexity index is 535. The monoisotopic (exact) mass is 269 g/mol. The molecule has 0 unspecified atom stereocenters. The summed E-state index contributed by atoms with van der Waals surface area (Å²) in [6.45, 7) is 2.50. The Kier molecular flexibility index (Phi) is 5.33.